The molecule has 202 valence electrons. The molecule has 0 bridgehead atoms. The molecule has 0 aliphatic rings. The van der Waals surface area contributed by atoms with Gasteiger partial charge in [0.1, 0.15) is 5.70 Å². The van der Waals surface area contributed by atoms with Gasteiger partial charge in [0, 0.05) is 21.7 Å². The van der Waals surface area contributed by atoms with Crippen LogP contribution in [0, 0.1) is 0 Å². The van der Waals surface area contributed by atoms with Gasteiger partial charge in [-0.15, -0.1) is 11.8 Å². The lowest BCUT2D eigenvalue weighted by molar-refractivity contribution is -0.113. The highest BCUT2D eigenvalue weighted by molar-refractivity contribution is 8.00. The average Bonchev–Trinajstić information content (AvgIpc) is 3.01. The molecule has 0 aliphatic heterocycles. The number of hydrogen-bond acceptors (Lipinski definition) is 4. The maximum Gasteiger partial charge on any atom is 0.272 e. The number of carbonyl (C=O) groups excluding carboxylic acids is 3. The second kappa shape index (κ2) is 13.1. The van der Waals surface area contributed by atoms with E-state index < -0.39 is 5.91 Å². The van der Waals surface area contributed by atoms with Gasteiger partial charge in [-0.25, -0.2) is 0 Å². The minimum Gasteiger partial charge on any atom is -0.321 e. The Bertz CT molecular complexity index is 1750. The summed E-state index contributed by atoms with van der Waals surface area (Å²) in [6.07, 6.45) is 1.68. The van der Waals surface area contributed by atoms with Crippen LogP contribution in [0.4, 0.5) is 5.69 Å². The summed E-state index contributed by atoms with van der Waals surface area (Å²) in [6.45, 7) is 0. The van der Waals surface area contributed by atoms with Gasteiger partial charge in [0.15, 0.2) is 5.78 Å². The standard InChI is InChI=1S/C34H25ClN2O3S/c35-30-16-7-6-15-29(30)32(38)22-41-27-19-17-26(18-20-27)36-34(40)31(37-33(39)24-10-2-1-3-11-24)21-25-13-8-12-23-9-4-5-14-28(23)25/h1-21H,22H2,(H,36,40)(H,37,39)/b31-21-. The third-order valence-corrected chi connectivity index (χ3v) is 7.65. The number of carbonyl (C=O) groups is 3. The van der Waals surface area contributed by atoms with E-state index in [1.165, 1.54) is 11.8 Å². The fourth-order valence-electron chi connectivity index (χ4n) is 4.22. The van der Waals surface area contributed by atoms with Gasteiger partial charge in [0.2, 0.25) is 0 Å². The molecular weight excluding hydrogens is 552 g/mol. The summed E-state index contributed by atoms with van der Waals surface area (Å²) < 4.78 is 0. The zero-order chi connectivity index (χ0) is 28.6. The highest BCUT2D eigenvalue weighted by atomic mass is 35.5. The quantitative estimate of drug-likeness (QED) is 0.106. The van der Waals surface area contributed by atoms with Gasteiger partial charge >= 0.3 is 0 Å². The Kier molecular flexibility index (Phi) is 8.94. The minimum atomic E-state index is -0.462. The summed E-state index contributed by atoms with van der Waals surface area (Å²) in [7, 11) is 0. The van der Waals surface area contributed by atoms with Crippen LogP contribution in [0.3, 0.4) is 0 Å². The number of fused-ring (bicyclic) bond motifs is 1. The average molecular weight is 577 g/mol. The van der Waals surface area contributed by atoms with Crippen LogP contribution in [0.15, 0.2) is 132 Å². The van der Waals surface area contributed by atoms with Crippen molar-refractivity contribution in [1.29, 1.82) is 0 Å². The van der Waals surface area contributed by atoms with Crippen LogP contribution in [0.5, 0.6) is 0 Å². The molecule has 0 aliphatic carbocycles. The molecule has 5 nitrogen and oxygen atoms in total. The fraction of sp³-hybridized carbons (Fsp3) is 0.0294. The Balaban J connectivity index is 1.33. The van der Waals surface area contributed by atoms with Gasteiger partial charge in [-0.3, -0.25) is 14.4 Å². The van der Waals surface area contributed by atoms with Crippen molar-refractivity contribution in [2.24, 2.45) is 0 Å². The second-order valence-corrected chi connectivity index (χ2v) is 10.6. The summed E-state index contributed by atoms with van der Waals surface area (Å²) >= 11 is 7.53. The van der Waals surface area contributed by atoms with Crippen LogP contribution in [-0.4, -0.2) is 23.4 Å². The third-order valence-electron chi connectivity index (χ3n) is 6.31. The first-order valence-electron chi connectivity index (χ1n) is 12.9. The minimum absolute atomic E-state index is 0.0599. The molecule has 2 amide bonds. The van der Waals surface area contributed by atoms with Crippen molar-refractivity contribution in [2.75, 3.05) is 11.1 Å². The Morgan fingerprint density at radius 3 is 2.20 bits per heavy atom. The van der Waals surface area contributed by atoms with E-state index in [0.717, 1.165) is 21.2 Å². The number of hydrogen-bond donors (Lipinski definition) is 2. The van der Waals surface area contributed by atoms with E-state index >= 15 is 0 Å². The Labute approximate surface area is 247 Å². The van der Waals surface area contributed by atoms with Gasteiger partial charge < -0.3 is 10.6 Å². The zero-order valence-electron chi connectivity index (χ0n) is 21.8. The van der Waals surface area contributed by atoms with E-state index in [4.69, 9.17) is 11.6 Å². The Hall–Kier alpha value is -4.65. The lowest BCUT2D eigenvalue weighted by Crippen LogP contribution is -2.30. The molecule has 7 heteroatoms. The third kappa shape index (κ3) is 7.11. The number of Topliss-reactive ketones (excluding diaryl/α,β-unsaturated/α-hetero) is 1. The first-order chi connectivity index (χ1) is 20.0. The van der Waals surface area contributed by atoms with Crippen molar-refractivity contribution >= 4 is 63.5 Å². The summed E-state index contributed by atoms with van der Waals surface area (Å²) in [5.41, 5.74) is 2.40. The molecule has 0 saturated heterocycles. The van der Waals surface area contributed by atoms with Crippen molar-refractivity contribution in [2.45, 2.75) is 4.90 Å². The highest BCUT2D eigenvalue weighted by Gasteiger charge is 2.16. The molecule has 0 spiro atoms. The van der Waals surface area contributed by atoms with Gasteiger partial charge in [0.25, 0.3) is 11.8 Å². The normalized spacial score (nSPS) is 11.2. The monoisotopic (exact) mass is 576 g/mol. The van der Waals surface area contributed by atoms with Gasteiger partial charge in [-0.1, -0.05) is 84.4 Å². The van der Waals surface area contributed by atoms with E-state index in [2.05, 4.69) is 10.6 Å². The number of ketones is 1. The van der Waals surface area contributed by atoms with Crippen LogP contribution >= 0.6 is 23.4 Å². The molecule has 0 aromatic heterocycles. The van der Waals surface area contributed by atoms with Gasteiger partial charge in [0.05, 0.1) is 10.8 Å². The number of benzene rings is 5. The molecule has 41 heavy (non-hydrogen) atoms. The van der Waals surface area contributed by atoms with Crippen molar-refractivity contribution in [1.82, 2.24) is 5.32 Å². The topological polar surface area (TPSA) is 75.3 Å². The maximum atomic E-state index is 13.5. The molecule has 0 fully saturated rings. The Morgan fingerprint density at radius 2 is 1.41 bits per heavy atom. The van der Waals surface area contributed by atoms with Crippen LogP contribution in [0.1, 0.15) is 26.3 Å². The fourth-order valence-corrected chi connectivity index (χ4v) is 5.24. The van der Waals surface area contributed by atoms with Crippen LogP contribution in [0.2, 0.25) is 5.02 Å². The second-order valence-electron chi connectivity index (χ2n) is 9.12. The summed E-state index contributed by atoms with van der Waals surface area (Å²) in [5.74, 6) is -0.673. The first-order valence-corrected chi connectivity index (χ1v) is 14.2. The predicted molar refractivity (Wildman–Crippen MR) is 167 cm³/mol. The van der Waals surface area contributed by atoms with E-state index in [0.29, 0.717) is 21.8 Å². The summed E-state index contributed by atoms with van der Waals surface area (Å²) in [4.78, 5) is 39.9. The lowest BCUT2D eigenvalue weighted by atomic mass is 10.0. The number of nitrogens with one attached hydrogen (secondary N) is 2. The number of thioether (sulfide) groups is 1. The van der Waals surface area contributed by atoms with Crippen molar-refractivity contribution < 1.29 is 14.4 Å². The summed E-state index contributed by atoms with van der Waals surface area (Å²) in [6, 6.07) is 36.6. The van der Waals surface area contributed by atoms with Gasteiger partial charge in [-0.2, -0.15) is 0 Å². The van der Waals surface area contributed by atoms with E-state index in [9.17, 15) is 14.4 Å². The van der Waals surface area contributed by atoms with Gasteiger partial charge in [-0.05, 0) is 70.9 Å². The molecule has 0 atom stereocenters. The smallest absolute Gasteiger partial charge is 0.272 e. The molecule has 5 rings (SSSR count). The zero-order valence-corrected chi connectivity index (χ0v) is 23.4. The van der Waals surface area contributed by atoms with Crippen molar-refractivity contribution in [3.63, 3.8) is 0 Å². The van der Waals surface area contributed by atoms with Crippen LogP contribution in [-0.2, 0) is 4.79 Å². The molecular formula is C34H25ClN2O3S. The molecule has 0 heterocycles. The Morgan fingerprint density at radius 1 is 0.732 bits per heavy atom. The van der Waals surface area contributed by atoms with Crippen LogP contribution in [0.25, 0.3) is 16.8 Å². The molecule has 5 aromatic carbocycles. The van der Waals surface area contributed by atoms with Crippen LogP contribution < -0.4 is 10.6 Å². The maximum absolute atomic E-state index is 13.5. The van der Waals surface area contributed by atoms with Crippen molar-refractivity contribution in [3.8, 4) is 0 Å². The molecule has 0 radical (unpaired) electrons. The molecule has 5 aromatic rings. The van der Waals surface area contributed by atoms with E-state index in [1.807, 2.05) is 60.7 Å². The number of amides is 2. The summed E-state index contributed by atoms with van der Waals surface area (Å²) in [5, 5.41) is 8.08. The van der Waals surface area contributed by atoms with E-state index in [1.54, 1.807) is 66.7 Å². The van der Waals surface area contributed by atoms with Crippen molar-refractivity contribution in [3.05, 3.63) is 149 Å². The highest BCUT2D eigenvalue weighted by Crippen LogP contribution is 2.25. The lowest BCUT2D eigenvalue weighted by Gasteiger charge is -2.12. The van der Waals surface area contributed by atoms with E-state index in [-0.39, 0.29) is 23.1 Å². The molecule has 2 N–H and O–H groups in total. The molecule has 0 unspecified atom stereocenters. The first kappa shape index (κ1) is 27.9. The predicted octanol–water partition coefficient (Wildman–Crippen LogP) is 7.88. The molecule has 0 saturated carbocycles. The number of rotatable bonds is 9. The number of halogens is 1. The SMILES string of the molecule is O=C(Nc1ccc(SCC(=O)c2ccccc2Cl)cc1)/C(=C/c1cccc2ccccc12)NC(=O)c1ccccc1. The number of anilines is 1. The largest absolute Gasteiger partial charge is 0.321 e.